The van der Waals surface area contributed by atoms with E-state index in [9.17, 15) is 28.8 Å². The molecule has 0 aromatic heterocycles. The van der Waals surface area contributed by atoms with Gasteiger partial charge < -0.3 is 44.9 Å². The van der Waals surface area contributed by atoms with Crippen LogP contribution in [0.5, 0.6) is 0 Å². The first-order valence-electron chi connectivity index (χ1n) is 57.6. The minimum atomic E-state index is -1.62. The molecule has 0 spiro atoms. The van der Waals surface area contributed by atoms with Crippen molar-refractivity contribution < 1.29 is 73.6 Å². The van der Waals surface area contributed by atoms with Gasteiger partial charge in [-0.2, -0.15) is 0 Å². The fourth-order valence-electron chi connectivity index (χ4n) is 17.6. The number of carbonyl (C=O) groups is 6. The summed E-state index contributed by atoms with van der Waals surface area (Å²) in [5, 5.41) is 0. The van der Waals surface area contributed by atoms with E-state index >= 15 is 0 Å². The molecule has 0 aromatic rings. The molecule has 1 aliphatic rings. The molecule has 1 rings (SSSR count). The lowest BCUT2D eigenvalue weighted by atomic mass is 10.0. The van der Waals surface area contributed by atoms with E-state index in [1.54, 1.807) is 0 Å². The van der Waals surface area contributed by atoms with Crippen LogP contribution >= 0.6 is 0 Å². The lowest BCUT2D eigenvalue weighted by Crippen LogP contribution is -2.42. The summed E-state index contributed by atoms with van der Waals surface area (Å²) < 4.78 is 61.5. The highest BCUT2D eigenvalue weighted by Crippen LogP contribution is 2.32. The molecule has 4 atom stereocenters. The monoisotopic (exact) mass is 1950 g/mol. The first-order valence-corrected chi connectivity index (χ1v) is 62.3. The number of esters is 6. The molecule has 0 N–H and O–H groups in total. The molecule has 780 valence electrons. The Labute approximate surface area is 834 Å². The van der Waals surface area contributed by atoms with Crippen LogP contribution in [0.4, 0.5) is 0 Å². The van der Waals surface area contributed by atoms with Gasteiger partial charge in [-0.1, -0.05) is 482 Å². The van der Waals surface area contributed by atoms with Crippen molar-refractivity contribution in [2.24, 2.45) is 0 Å². The highest BCUT2D eigenvalue weighted by molar-refractivity contribution is 6.65. The summed E-state index contributed by atoms with van der Waals surface area (Å²) >= 11 is 0. The summed E-state index contributed by atoms with van der Waals surface area (Å²) in [6.07, 6.45) is 112. The summed E-state index contributed by atoms with van der Waals surface area (Å²) in [5.74, 6) is -1.91. The molecule has 4 unspecified atom stereocenters. The molecule has 0 saturated carbocycles. The van der Waals surface area contributed by atoms with Crippen LogP contribution in [0.3, 0.4) is 0 Å². The normalized spacial score (nSPS) is 13.9. The summed E-state index contributed by atoms with van der Waals surface area (Å²) in [7, 11) is -4.62. The molecule has 1 heterocycles. The molecule has 0 aliphatic carbocycles. The van der Waals surface area contributed by atoms with Crippen molar-refractivity contribution in [3.05, 3.63) is 48.6 Å². The van der Waals surface area contributed by atoms with Gasteiger partial charge in [-0.05, 0) is 122 Å². The minimum Gasteiger partial charge on any atom is -0.462 e. The molecule has 0 bridgehead atoms. The van der Waals surface area contributed by atoms with Gasteiger partial charge in [0.25, 0.3) is 0 Å². The van der Waals surface area contributed by atoms with E-state index in [1.165, 1.54) is 283 Å². The van der Waals surface area contributed by atoms with Crippen LogP contribution in [0, 0.1) is 0 Å². The van der Waals surface area contributed by atoms with E-state index in [4.69, 9.17) is 44.9 Å². The van der Waals surface area contributed by atoms with Gasteiger partial charge in [-0.3, -0.25) is 28.8 Å². The van der Waals surface area contributed by atoms with Crippen LogP contribution in [0.15, 0.2) is 48.6 Å². The van der Waals surface area contributed by atoms with Gasteiger partial charge in [0.1, 0.15) is 26.4 Å². The second kappa shape index (κ2) is 105. The molecule has 20 heteroatoms. The van der Waals surface area contributed by atoms with Crippen LogP contribution in [-0.2, 0) is 73.6 Å². The average Bonchev–Trinajstić information content (AvgIpc) is 0.871. The fourth-order valence-corrected chi connectivity index (χ4v) is 26.6. The van der Waals surface area contributed by atoms with Gasteiger partial charge in [0.05, 0.1) is 0 Å². The van der Waals surface area contributed by atoms with Gasteiger partial charge >= 0.3 is 74.4 Å². The summed E-state index contributed by atoms with van der Waals surface area (Å²) in [4.78, 5) is 78.7. The van der Waals surface area contributed by atoms with E-state index in [0.29, 0.717) is 49.6 Å². The van der Waals surface area contributed by atoms with Gasteiger partial charge in [0.2, 0.25) is 0 Å². The zero-order chi connectivity index (χ0) is 96.7. The molecular weight excluding hydrogens is 1740 g/mol. The van der Waals surface area contributed by atoms with Crippen molar-refractivity contribution in [1.82, 2.24) is 0 Å². The Balaban J connectivity index is 2.75. The zero-order valence-electron chi connectivity index (χ0n) is 88.3. The first kappa shape index (κ1) is 128. The maximum absolute atomic E-state index is 13.4. The van der Waals surface area contributed by atoms with Crippen molar-refractivity contribution in [2.45, 2.75) is 617 Å². The zero-order valence-corrected chi connectivity index (χ0v) is 92.6. The lowest BCUT2D eigenvalue weighted by molar-refractivity contribution is -0.167. The number of hydrogen-bond acceptors (Lipinski definition) is 16. The number of hydrogen-bond donors (Lipinski definition) is 0. The van der Waals surface area contributed by atoms with Crippen LogP contribution in [0.1, 0.15) is 594 Å². The van der Waals surface area contributed by atoms with E-state index < -0.39 is 50.8 Å². The first-order chi connectivity index (χ1) is 66.0. The summed E-state index contributed by atoms with van der Waals surface area (Å²) in [6.45, 7) is 13.1. The van der Waals surface area contributed by atoms with Crippen molar-refractivity contribution >= 4 is 74.4 Å². The maximum atomic E-state index is 13.4. The second-order valence-corrected chi connectivity index (χ2v) is 46.5. The lowest BCUT2D eigenvalue weighted by Gasteiger charge is -2.30. The molecule has 0 amide bonds. The number of allylic oxidation sites excluding steroid dienone is 8. The number of ether oxygens (including phenoxy) is 6. The third kappa shape index (κ3) is 92.2. The minimum absolute atomic E-state index is 0.111. The second-order valence-electron chi connectivity index (χ2n) is 39.4. The van der Waals surface area contributed by atoms with Crippen molar-refractivity contribution in [3.63, 3.8) is 0 Å². The average molecular weight is 1950 g/mol. The Kier molecular flexibility index (Phi) is 101. The molecular formula is C114H212O16Si4. The van der Waals surface area contributed by atoms with E-state index in [1.807, 2.05) is 0 Å². The number of unbranched alkanes of at least 4 members (excludes halogenated alkanes) is 65. The Hall–Kier alpha value is -3.51. The number of rotatable bonds is 104. The molecule has 4 radical (unpaired) electrons. The van der Waals surface area contributed by atoms with Crippen molar-refractivity contribution in [3.8, 4) is 0 Å². The van der Waals surface area contributed by atoms with Crippen LogP contribution in [-0.4, -0.2) is 113 Å². The maximum Gasteiger partial charge on any atom is 0.368 e. The summed E-state index contributed by atoms with van der Waals surface area (Å²) in [6, 6.07) is 0. The van der Waals surface area contributed by atoms with Gasteiger partial charge in [-0.25, -0.2) is 0 Å². The predicted molar refractivity (Wildman–Crippen MR) is 569 cm³/mol. The van der Waals surface area contributed by atoms with Crippen LogP contribution in [0.2, 0.25) is 11.1 Å². The quantitative estimate of drug-likeness (QED) is 0.0183. The Bertz CT molecular complexity index is 2670. The standard InChI is InChI=1S/C114H212O16Si4/c1-7-13-19-25-30-34-38-42-46-50-54-58-64-75-85-95-109(115)121-101-105(125-113(119)99-89-79-67-61-57-53-49-45-41-37-33-28-22-16-10-4)102-124-112(118)98-88-78-68-62-63-73-83-93-107(91-81-71-24-18-12-6)133-127-131-129-134(130-132-128-133)108(92-82-72-29-23-17-11-5)94-84-74-69-70-80-90-100-114(120)126-106(103-122-110(116)96-86-76-65-59-55-51-47-43-39-35-31-26-20-14-8-2)104-123-111(117)97-87-77-66-60-56-52-48-44-40-36-32-27-21-15-9-3/h26,31,39,43,45,49,71,81,105-108,131-132H,7-25,27-30,32-38,40-42,44,46-48,50-70,72-80,82-104H2,1-6H3/b31-26-,43-39-,49-45-,81-71-. The van der Waals surface area contributed by atoms with E-state index in [0.717, 1.165) is 225 Å². The smallest absolute Gasteiger partial charge is 0.368 e. The number of carbonyl (C=O) groups excluding carboxylic acids is 6. The third-order valence-electron chi connectivity index (χ3n) is 26.4. The fraction of sp³-hybridized carbons (Fsp3) is 0.877. The molecule has 1 saturated heterocycles. The van der Waals surface area contributed by atoms with Gasteiger partial charge in [0, 0.05) is 49.6 Å². The Morgan fingerprint density at radius 3 is 0.672 bits per heavy atom. The SMILES string of the molecule is CCCC/C=C\C/C=C\CCCCCCCCC(=O)OCC(COC(=O)CCCCCCCCCCCCCCCCC)OC(=O)CCCCCCCCC(CCCCCCCC)[Si]1O[SiH]O[Si](C(C/C=C\CCCC)CCCCCCCCCC(=O)OCC(COC(=O)CCCCCCCCCCCCCCCCC)OC(=O)CCCCCCC/C=C\CCCCCCCC)O[SiH]O1. The van der Waals surface area contributed by atoms with Gasteiger partial charge in [0.15, 0.2) is 12.2 Å². The molecule has 134 heavy (non-hydrogen) atoms. The molecule has 0 aromatic carbocycles. The topological polar surface area (TPSA) is 195 Å². The Morgan fingerprint density at radius 2 is 0.410 bits per heavy atom. The van der Waals surface area contributed by atoms with Crippen LogP contribution in [0.25, 0.3) is 0 Å². The largest absolute Gasteiger partial charge is 0.462 e. The highest BCUT2D eigenvalue weighted by Gasteiger charge is 2.35. The molecule has 1 fully saturated rings. The predicted octanol–water partition coefficient (Wildman–Crippen LogP) is 34.2. The highest BCUT2D eigenvalue weighted by atomic mass is 28.4. The third-order valence-corrected chi connectivity index (χ3v) is 34.1. The Morgan fingerprint density at radius 1 is 0.216 bits per heavy atom. The van der Waals surface area contributed by atoms with Crippen molar-refractivity contribution in [1.29, 1.82) is 0 Å². The van der Waals surface area contributed by atoms with E-state index in [-0.39, 0.29) is 68.7 Å². The molecule has 1 aliphatic heterocycles. The van der Waals surface area contributed by atoms with Crippen molar-refractivity contribution in [2.75, 3.05) is 26.4 Å². The van der Waals surface area contributed by atoms with Gasteiger partial charge in [-0.15, -0.1) is 0 Å². The molecule has 16 nitrogen and oxygen atoms in total. The van der Waals surface area contributed by atoms with E-state index in [2.05, 4.69) is 90.2 Å². The van der Waals surface area contributed by atoms with Crippen LogP contribution < -0.4 is 0 Å². The summed E-state index contributed by atoms with van der Waals surface area (Å²) in [5.41, 5.74) is 0.680.